The van der Waals surface area contributed by atoms with Crippen molar-refractivity contribution in [1.82, 2.24) is 10.6 Å². The van der Waals surface area contributed by atoms with Crippen LogP contribution in [-0.4, -0.2) is 46.3 Å². The average Bonchev–Trinajstić information content (AvgIpc) is 2.76. The van der Waals surface area contributed by atoms with E-state index in [2.05, 4.69) is 10.6 Å². The summed E-state index contributed by atoms with van der Waals surface area (Å²) >= 11 is 0. The molecular formula is C21H24N2O7. The molecule has 0 aromatic heterocycles. The molecule has 9 nitrogen and oxygen atoms in total. The van der Waals surface area contributed by atoms with Crippen molar-refractivity contribution in [3.63, 3.8) is 0 Å². The Hall–Kier alpha value is -3.75. The van der Waals surface area contributed by atoms with Crippen LogP contribution in [0.1, 0.15) is 17.2 Å². The fourth-order valence-corrected chi connectivity index (χ4v) is 2.72. The molecule has 3 amide bonds. The van der Waals surface area contributed by atoms with Gasteiger partial charge in [-0.15, -0.1) is 0 Å². The smallest absolute Gasteiger partial charge is 0.321 e. The van der Waals surface area contributed by atoms with Crippen molar-refractivity contribution in [1.29, 1.82) is 0 Å². The molecule has 0 fully saturated rings. The fraction of sp³-hybridized carbons (Fsp3) is 0.286. The van der Waals surface area contributed by atoms with Crippen molar-refractivity contribution in [3.8, 4) is 17.2 Å². The van der Waals surface area contributed by atoms with E-state index in [1.807, 2.05) is 0 Å². The first-order chi connectivity index (χ1) is 14.4. The molecule has 0 saturated heterocycles. The summed E-state index contributed by atoms with van der Waals surface area (Å²) in [6.45, 7) is 0. The highest BCUT2D eigenvalue weighted by Gasteiger charge is 2.27. The van der Waals surface area contributed by atoms with Crippen LogP contribution < -0.4 is 24.8 Å². The van der Waals surface area contributed by atoms with Gasteiger partial charge in [0.1, 0.15) is 0 Å². The van der Waals surface area contributed by atoms with Gasteiger partial charge in [-0.05, 0) is 17.7 Å². The highest BCUT2D eigenvalue weighted by atomic mass is 16.5. The standard InChI is InChI=1S/C21H24N2O7/c1-22-21(26)23-20(25)18(14-8-6-5-7-9-14)30-17(24)12-13-10-15(27-2)19(29-4)16(11-13)28-3/h5-11,18H,12H2,1-4H3,(H2,22,23,25,26)/t18-/m1/s1. The molecule has 1 atom stereocenters. The summed E-state index contributed by atoms with van der Waals surface area (Å²) in [5.41, 5.74) is 0.963. The first-order valence-electron chi connectivity index (χ1n) is 8.99. The molecule has 0 aliphatic carbocycles. The molecule has 0 saturated carbocycles. The molecule has 0 bridgehead atoms. The van der Waals surface area contributed by atoms with Crippen LogP contribution in [0.15, 0.2) is 42.5 Å². The van der Waals surface area contributed by atoms with Gasteiger partial charge in [0.25, 0.3) is 5.91 Å². The van der Waals surface area contributed by atoms with E-state index in [4.69, 9.17) is 18.9 Å². The Morgan fingerprint density at radius 2 is 1.53 bits per heavy atom. The van der Waals surface area contributed by atoms with Crippen molar-refractivity contribution < 1.29 is 33.3 Å². The monoisotopic (exact) mass is 416 g/mol. The van der Waals surface area contributed by atoms with Gasteiger partial charge < -0.3 is 24.3 Å². The summed E-state index contributed by atoms with van der Waals surface area (Å²) in [6, 6.07) is 10.9. The number of nitrogens with one attached hydrogen (secondary N) is 2. The predicted octanol–water partition coefficient (Wildman–Crippen LogP) is 1.99. The van der Waals surface area contributed by atoms with Crippen LogP contribution in [-0.2, 0) is 20.7 Å². The van der Waals surface area contributed by atoms with Crippen molar-refractivity contribution in [2.45, 2.75) is 12.5 Å². The fourth-order valence-electron chi connectivity index (χ4n) is 2.72. The van der Waals surface area contributed by atoms with Gasteiger partial charge in [0.15, 0.2) is 11.5 Å². The van der Waals surface area contributed by atoms with Crippen molar-refractivity contribution >= 4 is 17.9 Å². The molecule has 0 radical (unpaired) electrons. The number of rotatable bonds is 8. The lowest BCUT2D eigenvalue weighted by Gasteiger charge is -2.18. The van der Waals surface area contributed by atoms with E-state index in [1.165, 1.54) is 28.4 Å². The molecule has 2 N–H and O–H groups in total. The number of urea groups is 1. The molecule has 0 heterocycles. The first-order valence-corrected chi connectivity index (χ1v) is 8.99. The highest BCUT2D eigenvalue weighted by molar-refractivity contribution is 5.97. The van der Waals surface area contributed by atoms with Gasteiger partial charge in [-0.25, -0.2) is 4.79 Å². The van der Waals surface area contributed by atoms with Crippen molar-refractivity contribution in [2.24, 2.45) is 0 Å². The van der Waals surface area contributed by atoms with Gasteiger partial charge in [-0.1, -0.05) is 30.3 Å². The Bertz CT molecular complexity index is 874. The Morgan fingerprint density at radius 1 is 0.933 bits per heavy atom. The van der Waals surface area contributed by atoms with Crippen LogP contribution in [0.4, 0.5) is 4.79 Å². The predicted molar refractivity (Wildman–Crippen MR) is 108 cm³/mol. The zero-order valence-electron chi connectivity index (χ0n) is 17.2. The number of methoxy groups -OCH3 is 3. The van der Waals surface area contributed by atoms with Gasteiger partial charge >= 0.3 is 12.0 Å². The number of carbonyl (C=O) groups is 3. The third-order valence-corrected chi connectivity index (χ3v) is 4.13. The number of esters is 1. The van der Waals surface area contributed by atoms with E-state index in [1.54, 1.807) is 42.5 Å². The van der Waals surface area contributed by atoms with Gasteiger partial charge in [0, 0.05) is 12.6 Å². The molecule has 0 aliphatic heterocycles. The minimum atomic E-state index is -1.29. The van der Waals surface area contributed by atoms with E-state index in [-0.39, 0.29) is 6.42 Å². The quantitative estimate of drug-likeness (QED) is 0.633. The largest absolute Gasteiger partial charge is 0.493 e. The second-order valence-corrected chi connectivity index (χ2v) is 6.06. The summed E-state index contributed by atoms with van der Waals surface area (Å²) in [4.78, 5) is 36.6. The zero-order valence-corrected chi connectivity index (χ0v) is 17.2. The molecule has 0 unspecified atom stereocenters. The number of ether oxygens (including phenoxy) is 4. The minimum Gasteiger partial charge on any atom is -0.493 e. The van der Waals surface area contributed by atoms with Gasteiger partial charge in [0.2, 0.25) is 11.9 Å². The van der Waals surface area contributed by atoms with Crippen molar-refractivity contribution in [3.05, 3.63) is 53.6 Å². The van der Waals surface area contributed by atoms with Crippen LogP contribution in [0.3, 0.4) is 0 Å². The number of amides is 3. The molecule has 2 aromatic rings. The summed E-state index contributed by atoms with van der Waals surface area (Å²) in [5.74, 6) is -0.276. The third kappa shape index (κ3) is 5.63. The second-order valence-electron chi connectivity index (χ2n) is 6.06. The number of hydrogen-bond donors (Lipinski definition) is 2. The van der Waals surface area contributed by atoms with E-state index < -0.39 is 24.0 Å². The molecule has 30 heavy (non-hydrogen) atoms. The number of hydrogen-bond acceptors (Lipinski definition) is 7. The van der Waals surface area contributed by atoms with Crippen LogP contribution >= 0.6 is 0 Å². The lowest BCUT2D eigenvalue weighted by Crippen LogP contribution is -2.41. The number of benzene rings is 2. The van der Waals surface area contributed by atoms with Gasteiger partial charge in [-0.3, -0.25) is 14.9 Å². The number of imide groups is 1. The van der Waals surface area contributed by atoms with E-state index in [0.717, 1.165) is 0 Å². The van der Waals surface area contributed by atoms with Gasteiger partial charge in [0.05, 0.1) is 27.8 Å². The maximum Gasteiger partial charge on any atom is 0.321 e. The molecule has 2 rings (SSSR count). The molecule has 9 heteroatoms. The molecular weight excluding hydrogens is 392 g/mol. The third-order valence-electron chi connectivity index (χ3n) is 4.13. The first kappa shape index (κ1) is 22.5. The normalized spacial score (nSPS) is 11.1. The van der Waals surface area contributed by atoms with E-state index in [0.29, 0.717) is 28.4 Å². The number of carbonyl (C=O) groups excluding carboxylic acids is 3. The Kier molecular flexibility index (Phi) is 8.04. The van der Waals surface area contributed by atoms with Crippen LogP contribution in [0.2, 0.25) is 0 Å². The van der Waals surface area contributed by atoms with E-state index in [9.17, 15) is 14.4 Å². The van der Waals surface area contributed by atoms with Crippen LogP contribution in [0.5, 0.6) is 17.2 Å². The summed E-state index contributed by atoms with van der Waals surface area (Å²) in [5, 5.41) is 4.41. The lowest BCUT2D eigenvalue weighted by atomic mass is 10.1. The maximum absolute atomic E-state index is 12.6. The van der Waals surface area contributed by atoms with Crippen LogP contribution in [0.25, 0.3) is 0 Å². The highest BCUT2D eigenvalue weighted by Crippen LogP contribution is 2.38. The maximum atomic E-state index is 12.6. The molecule has 0 spiro atoms. The van der Waals surface area contributed by atoms with Gasteiger partial charge in [-0.2, -0.15) is 0 Å². The Labute approximate surface area is 174 Å². The zero-order chi connectivity index (χ0) is 22.1. The van der Waals surface area contributed by atoms with Crippen LogP contribution in [0, 0.1) is 0 Å². The minimum absolute atomic E-state index is 0.159. The topological polar surface area (TPSA) is 112 Å². The summed E-state index contributed by atoms with van der Waals surface area (Å²) < 4.78 is 21.2. The second kappa shape index (κ2) is 10.7. The average molecular weight is 416 g/mol. The molecule has 0 aliphatic rings. The molecule has 2 aromatic carbocycles. The molecule has 160 valence electrons. The lowest BCUT2D eigenvalue weighted by molar-refractivity contribution is -0.155. The van der Waals surface area contributed by atoms with E-state index >= 15 is 0 Å². The summed E-state index contributed by atoms with van der Waals surface area (Å²) in [6.07, 6.45) is -1.45. The Morgan fingerprint density at radius 3 is 2.03 bits per heavy atom. The summed E-state index contributed by atoms with van der Waals surface area (Å²) in [7, 11) is 5.78. The SMILES string of the molecule is CNC(=O)NC(=O)[C@H](OC(=O)Cc1cc(OC)c(OC)c(OC)c1)c1ccccc1. The Balaban J connectivity index is 2.24. The van der Waals surface area contributed by atoms with Crippen molar-refractivity contribution in [2.75, 3.05) is 28.4 Å².